The van der Waals surface area contributed by atoms with E-state index in [4.69, 9.17) is 0 Å². The summed E-state index contributed by atoms with van der Waals surface area (Å²) in [5, 5.41) is 12.3. The van der Waals surface area contributed by atoms with E-state index in [9.17, 15) is 14.7 Å². The third-order valence-corrected chi connectivity index (χ3v) is 5.67. The first-order chi connectivity index (χ1) is 10.1. The van der Waals surface area contributed by atoms with Crippen molar-refractivity contribution in [3.8, 4) is 0 Å². The molecule has 1 saturated heterocycles. The molecule has 2 aliphatic rings. The van der Waals surface area contributed by atoms with Gasteiger partial charge in [0, 0.05) is 5.75 Å². The van der Waals surface area contributed by atoms with Crippen LogP contribution in [0.25, 0.3) is 0 Å². The van der Waals surface area contributed by atoms with Crippen molar-refractivity contribution in [1.82, 2.24) is 5.32 Å². The number of hydrogen-bond donors (Lipinski definition) is 2. The summed E-state index contributed by atoms with van der Waals surface area (Å²) in [6.45, 7) is 0. The van der Waals surface area contributed by atoms with Crippen molar-refractivity contribution >= 4 is 23.6 Å². The molecule has 4 nitrogen and oxygen atoms in total. The predicted molar refractivity (Wildman–Crippen MR) is 82.6 cm³/mol. The van der Waals surface area contributed by atoms with Gasteiger partial charge in [-0.25, -0.2) is 4.79 Å². The number of fused-ring (bicyclic) bond motifs is 1. The first-order valence-electron chi connectivity index (χ1n) is 7.33. The number of aryl methyl sites for hydroxylation is 1. The number of carboxylic acids is 1. The standard InChI is InChI=1S/C16H19NO3S/c18-14(17-16(15(19)20)8-9-21-10-16)13-7-3-5-11-4-1-2-6-12(11)13/h1-2,4,6,13H,3,5,7-10H2,(H,17,18)(H,19,20). The van der Waals surface area contributed by atoms with Gasteiger partial charge in [0.15, 0.2) is 0 Å². The zero-order valence-corrected chi connectivity index (χ0v) is 12.6. The van der Waals surface area contributed by atoms with Crippen molar-refractivity contribution in [1.29, 1.82) is 0 Å². The van der Waals surface area contributed by atoms with Gasteiger partial charge in [-0.2, -0.15) is 11.8 Å². The summed E-state index contributed by atoms with van der Waals surface area (Å²) in [6, 6.07) is 8.00. The second kappa shape index (κ2) is 5.72. The number of amides is 1. The lowest BCUT2D eigenvalue weighted by Gasteiger charge is -2.30. The SMILES string of the molecule is O=C(NC1(C(=O)O)CCSC1)C1CCCc2ccccc21. The molecule has 1 aromatic carbocycles. The Morgan fingerprint density at radius 1 is 1.33 bits per heavy atom. The normalized spacial score (nSPS) is 27.9. The van der Waals surface area contributed by atoms with E-state index in [1.165, 1.54) is 5.56 Å². The highest BCUT2D eigenvalue weighted by Crippen LogP contribution is 2.34. The Labute approximate surface area is 128 Å². The first kappa shape index (κ1) is 14.4. The van der Waals surface area contributed by atoms with Gasteiger partial charge < -0.3 is 10.4 Å². The van der Waals surface area contributed by atoms with E-state index >= 15 is 0 Å². The summed E-state index contributed by atoms with van der Waals surface area (Å²) in [5.74, 6) is -0.00947. The summed E-state index contributed by atoms with van der Waals surface area (Å²) >= 11 is 1.59. The molecule has 0 saturated carbocycles. The topological polar surface area (TPSA) is 66.4 Å². The smallest absolute Gasteiger partial charge is 0.330 e. The minimum atomic E-state index is -1.08. The van der Waals surface area contributed by atoms with Crippen LogP contribution >= 0.6 is 11.8 Å². The van der Waals surface area contributed by atoms with Gasteiger partial charge >= 0.3 is 5.97 Å². The van der Waals surface area contributed by atoms with Gasteiger partial charge in [-0.3, -0.25) is 4.79 Å². The second-order valence-corrected chi connectivity index (χ2v) is 6.93. The molecule has 1 heterocycles. The number of carbonyl (C=O) groups is 2. The number of hydrogen-bond acceptors (Lipinski definition) is 3. The molecule has 1 fully saturated rings. The van der Waals surface area contributed by atoms with Crippen molar-refractivity contribution in [2.75, 3.05) is 11.5 Å². The van der Waals surface area contributed by atoms with Gasteiger partial charge in [-0.15, -0.1) is 0 Å². The number of rotatable bonds is 3. The lowest BCUT2D eigenvalue weighted by molar-refractivity contribution is -0.146. The number of thioether (sulfide) groups is 1. The fourth-order valence-electron chi connectivity index (χ4n) is 3.23. The van der Waals surface area contributed by atoms with E-state index in [-0.39, 0.29) is 11.8 Å². The van der Waals surface area contributed by atoms with Gasteiger partial charge in [-0.1, -0.05) is 24.3 Å². The van der Waals surface area contributed by atoms with Crippen LogP contribution in [0.15, 0.2) is 24.3 Å². The Bertz CT molecular complexity index is 566. The van der Waals surface area contributed by atoms with Crippen LogP contribution in [-0.2, 0) is 16.0 Å². The number of benzene rings is 1. The van der Waals surface area contributed by atoms with Crippen LogP contribution in [-0.4, -0.2) is 34.0 Å². The van der Waals surface area contributed by atoms with Crippen molar-refractivity contribution in [2.24, 2.45) is 0 Å². The van der Waals surface area contributed by atoms with E-state index < -0.39 is 11.5 Å². The van der Waals surface area contributed by atoms with Crippen molar-refractivity contribution in [2.45, 2.75) is 37.1 Å². The zero-order valence-electron chi connectivity index (χ0n) is 11.8. The van der Waals surface area contributed by atoms with Crippen LogP contribution < -0.4 is 5.32 Å². The Morgan fingerprint density at radius 2 is 2.14 bits per heavy atom. The summed E-state index contributed by atoms with van der Waals surface area (Å²) in [6.07, 6.45) is 3.28. The molecule has 0 aromatic heterocycles. The molecule has 2 N–H and O–H groups in total. The molecule has 0 radical (unpaired) electrons. The molecule has 2 unspecified atom stereocenters. The molecule has 1 aliphatic carbocycles. The average Bonchev–Trinajstić information content (AvgIpc) is 2.96. The molecule has 21 heavy (non-hydrogen) atoms. The lowest BCUT2D eigenvalue weighted by atomic mass is 9.81. The van der Waals surface area contributed by atoms with Crippen LogP contribution in [0.5, 0.6) is 0 Å². The van der Waals surface area contributed by atoms with Gasteiger partial charge in [0.2, 0.25) is 5.91 Å². The minimum Gasteiger partial charge on any atom is -0.479 e. The molecular formula is C16H19NO3S. The maximum Gasteiger partial charge on any atom is 0.330 e. The van der Waals surface area contributed by atoms with Crippen LogP contribution in [0.2, 0.25) is 0 Å². The lowest BCUT2D eigenvalue weighted by Crippen LogP contribution is -2.56. The van der Waals surface area contributed by atoms with E-state index in [1.54, 1.807) is 11.8 Å². The third-order valence-electron chi connectivity index (χ3n) is 4.48. The van der Waals surface area contributed by atoms with Gasteiger partial charge in [0.05, 0.1) is 5.92 Å². The fraction of sp³-hybridized carbons (Fsp3) is 0.500. The van der Waals surface area contributed by atoms with Crippen molar-refractivity contribution < 1.29 is 14.7 Å². The second-order valence-electron chi connectivity index (χ2n) is 5.82. The molecule has 3 rings (SSSR count). The van der Waals surface area contributed by atoms with Crippen LogP contribution in [0.4, 0.5) is 0 Å². The zero-order chi connectivity index (χ0) is 14.9. The summed E-state index contributed by atoms with van der Waals surface area (Å²) < 4.78 is 0. The van der Waals surface area contributed by atoms with Gasteiger partial charge in [0.25, 0.3) is 0 Å². The molecule has 0 spiro atoms. The van der Waals surface area contributed by atoms with E-state index in [2.05, 4.69) is 11.4 Å². The molecule has 112 valence electrons. The molecule has 1 aromatic rings. The van der Waals surface area contributed by atoms with E-state index in [0.717, 1.165) is 30.6 Å². The van der Waals surface area contributed by atoms with Gasteiger partial charge in [0.1, 0.15) is 5.54 Å². The summed E-state index contributed by atoms with van der Waals surface area (Å²) in [5.41, 5.74) is 1.20. The largest absolute Gasteiger partial charge is 0.479 e. The monoisotopic (exact) mass is 305 g/mol. The number of carbonyl (C=O) groups excluding carboxylic acids is 1. The van der Waals surface area contributed by atoms with Gasteiger partial charge in [-0.05, 0) is 42.6 Å². The molecule has 1 aliphatic heterocycles. The van der Waals surface area contributed by atoms with E-state index in [0.29, 0.717) is 12.2 Å². The molecule has 5 heteroatoms. The number of carboxylic acid groups (broad SMARTS) is 1. The van der Waals surface area contributed by atoms with Crippen LogP contribution in [0.1, 0.15) is 36.3 Å². The maximum atomic E-state index is 12.6. The fourth-order valence-corrected chi connectivity index (χ4v) is 4.56. The summed E-state index contributed by atoms with van der Waals surface area (Å²) in [4.78, 5) is 24.2. The Kier molecular flexibility index (Phi) is 3.93. The highest BCUT2D eigenvalue weighted by Gasteiger charge is 2.44. The average molecular weight is 305 g/mol. The minimum absolute atomic E-state index is 0.132. The third kappa shape index (κ3) is 2.67. The van der Waals surface area contributed by atoms with Crippen molar-refractivity contribution in [3.63, 3.8) is 0 Å². The van der Waals surface area contributed by atoms with Crippen LogP contribution in [0, 0.1) is 0 Å². The quantitative estimate of drug-likeness (QED) is 0.898. The maximum absolute atomic E-state index is 12.6. The molecule has 1 amide bonds. The van der Waals surface area contributed by atoms with E-state index in [1.807, 2.05) is 18.2 Å². The molecule has 2 atom stereocenters. The molecular weight excluding hydrogens is 286 g/mol. The molecule has 0 bridgehead atoms. The van der Waals surface area contributed by atoms with Crippen LogP contribution in [0.3, 0.4) is 0 Å². The number of aliphatic carboxylic acids is 1. The number of nitrogens with one attached hydrogen (secondary N) is 1. The Balaban J connectivity index is 1.82. The highest BCUT2D eigenvalue weighted by atomic mass is 32.2. The Morgan fingerprint density at radius 3 is 2.86 bits per heavy atom. The highest BCUT2D eigenvalue weighted by molar-refractivity contribution is 7.99. The van der Waals surface area contributed by atoms with Crippen molar-refractivity contribution in [3.05, 3.63) is 35.4 Å². The Hall–Kier alpha value is -1.49. The summed E-state index contributed by atoms with van der Waals surface area (Å²) in [7, 11) is 0. The first-order valence-corrected chi connectivity index (χ1v) is 8.49. The predicted octanol–water partition coefficient (Wildman–Crippen LogP) is 2.18.